The van der Waals surface area contributed by atoms with Crippen LogP contribution in [0.15, 0.2) is 18.2 Å². The molecule has 4 heteroatoms. The van der Waals surface area contributed by atoms with E-state index < -0.39 is 0 Å². The van der Waals surface area contributed by atoms with Gasteiger partial charge < -0.3 is 0 Å². The average Bonchev–Trinajstić information content (AvgIpc) is 2.86. The predicted octanol–water partition coefficient (Wildman–Crippen LogP) is 3.60. The molecule has 1 aromatic heterocycles. The zero-order chi connectivity index (χ0) is 14.4. The lowest BCUT2D eigenvalue weighted by atomic mass is 10.2. The molecular formula is C16H26N4. The van der Waals surface area contributed by atoms with Crippen molar-refractivity contribution in [1.29, 1.82) is 0 Å². The summed E-state index contributed by atoms with van der Waals surface area (Å²) >= 11 is 0. The third-order valence-electron chi connectivity index (χ3n) is 3.74. The number of benzene rings is 1. The lowest BCUT2D eigenvalue weighted by Crippen LogP contribution is -2.29. The molecule has 2 rings (SSSR count). The molecule has 0 N–H and O–H groups in total. The number of aryl methyl sites for hydroxylation is 1. The van der Waals surface area contributed by atoms with E-state index >= 15 is 0 Å². The van der Waals surface area contributed by atoms with Crippen LogP contribution in [-0.4, -0.2) is 33.0 Å². The van der Waals surface area contributed by atoms with Crippen molar-refractivity contribution in [3.8, 4) is 0 Å². The van der Waals surface area contributed by atoms with E-state index in [4.69, 9.17) is 0 Å². The number of unbranched alkanes of at least 4 members (excludes halogenated alkanes) is 2. The van der Waals surface area contributed by atoms with Gasteiger partial charge in [0.15, 0.2) is 0 Å². The fourth-order valence-corrected chi connectivity index (χ4v) is 2.44. The van der Waals surface area contributed by atoms with Gasteiger partial charge in [-0.1, -0.05) is 44.0 Å². The van der Waals surface area contributed by atoms with Crippen molar-refractivity contribution in [2.24, 2.45) is 0 Å². The molecule has 4 nitrogen and oxygen atoms in total. The zero-order valence-electron chi connectivity index (χ0n) is 13.0. The topological polar surface area (TPSA) is 34.0 Å². The summed E-state index contributed by atoms with van der Waals surface area (Å²) in [6.07, 6.45) is 4.96. The Hall–Kier alpha value is -1.42. The first-order valence-corrected chi connectivity index (χ1v) is 7.77. The molecule has 0 saturated heterocycles. The summed E-state index contributed by atoms with van der Waals surface area (Å²) < 4.78 is 2.04. The number of hydrogen-bond donors (Lipinski definition) is 0. The highest BCUT2D eigenvalue weighted by atomic mass is 15.5. The van der Waals surface area contributed by atoms with Gasteiger partial charge in [0, 0.05) is 0 Å². The molecule has 0 fully saturated rings. The molecule has 0 saturated carbocycles. The molecule has 0 aliphatic rings. The number of nitrogens with zero attached hydrogens (tertiary/aromatic N) is 4. The van der Waals surface area contributed by atoms with E-state index in [1.54, 1.807) is 0 Å². The fraction of sp³-hybridized carbons (Fsp3) is 0.625. The number of aromatic nitrogens is 3. The molecule has 0 aliphatic heterocycles. The second kappa shape index (κ2) is 7.39. The van der Waals surface area contributed by atoms with E-state index in [-0.39, 0.29) is 0 Å². The molecule has 0 amide bonds. The summed E-state index contributed by atoms with van der Waals surface area (Å²) in [5.41, 5.74) is 3.36. The number of hydrogen-bond acceptors (Lipinski definition) is 3. The van der Waals surface area contributed by atoms with Crippen LogP contribution in [0.3, 0.4) is 0 Å². The highest BCUT2D eigenvalue weighted by Crippen LogP contribution is 2.15. The maximum absolute atomic E-state index is 4.34. The van der Waals surface area contributed by atoms with Crippen molar-refractivity contribution >= 4 is 11.0 Å². The molecule has 20 heavy (non-hydrogen) atoms. The smallest absolute Gasteiger partial charge is 0.116 e. The Balaban J connectivity index is 2.13. The van der Waals surface area contributed by atoms with E-state index in [9.17, 15) is 0 Å². The van der Waals surface area contributed by atoms with Crippen molar-refractivity contribution in [3.63, 3.8) is 0 Å². The predicted molar refractivity (Wildman–Crippen MR) is 83.7 cm³/mol. The van der Waals surface area contributed by atoms with E-state index in [0.717, 1.165) is 30.8 Å². The Bertz CT molecular complexity index is 524. The molecule has 1 aromatic carbocycles. The van der Waals surface area contributed by atoms with Gasteiger partial charge in [0.1, 0.15) is 5.52 Å². The van der Waals surface area contributed by atoms with Crippen LogP contribution >= 0.6 is 0 Å². The maximum Gasteiger partial charge on any atom is 0.116 e. The quantitative estimate of drug-likeness (QED) is 0.737. The van der Waals surface area contributed by atoms with E-state index in [2.05, 4.69) is 54.2 Å². The van der Waals surface area contributed by atoms with Gasteiger partial charge in [0.05, 0.1) is 12.2 Å². The van der Waals surface area contributed by atoms with Crippen molar-refractivity contribution < 1.29 is 0 Å². The Kier molecular flexibility index (Phi) is 5.53. The number of fused-ring (bicyclic) bond motifs is 1. The van der Waals surface area contributed by atoms with Gasteiger partial charge >= 0.3 is 0 Å². The van der Waals surface area contributed by atoms with Crippen molar-refractivity contribution in [3.05, 3.63) is 23.8 Å². The first-order valence-electron chi connectivity index (χ1n) is 7.77. The molecule has 0 aliphatic carbocycles. The zero-order valence-corrected chi connectivity index (χ0v) is 13.0. The van der Waals surface area contributed by atoms with E-state index in [1.165, 1.54) is 31.2 Å². The Morgan fingerprint density at radius 3 is 2.45 bits per heavy atom. The summed E-state index contributed by atoms with van der Waals surface area (Å²) in [4.78, 5) is 2.49. The van der Waals surface area contributed by atoms with Gasteiger partial charge in [-0.05, 0) is 44.5 Å². The summed E-state index contributed by atoms with van der Waals surface area (Å²) in [5, 5.41) is 8.66. The van der Waals surface area contributed by atoms with Gasteiger partial charge in [0.2, 0.25) is 0 Å². The van der Waals surface area contributed by atoms with Gasteiger partial charge in [-0.25, -0.2) is 4.68 Å². The van der Waals surface area contributed by atoms with Gasteiger partial charge in [-0.3, -0.25) is 4.90 Å². The lowest BCUT2D eigenvalue weighted by molar-refractivity contribution is 0.203. The molecule has 110 valence electrons. The first-order chi connectivity index (χ1) is 9.76. The largest absolute Gasteiger partial charge is 0.284 e. The summed E-state index contributed by atoms with van der Waals surface area (Å²) in [6, 6.07) is 6.29. The minimum absolute atomic E-state index is 0.847. The minimum atomic E-state index is 0.847. The second-order valence-corrected chi connectivity index (χ2v) is 5.50. The Morgan fingerprint density at radius 2 is 1.80 bits per heavy atom. The standard InChI is InChI=1S/C16H26N4/c1-4-6-11-19(12-7-5-2)13-20-15-10-8-9-14(3)16(15)17-18-20/h8-10H,4-7,11-13H2,1-3H3. The second-order valence-electron chi connectivity index (χ2n) is 5.50. The summed E-state index contributed by atoms with van der Waals surface area (Å²) in [6.45, 7) is 9.71. The Labute approximate surface area is 121 Å². The normalized spacial score (nSPS) is 11.6. The summed E-state index contributed by atoms with van der Waals surface area (Å²) in [5.74, 6) is 0. The third kappa shape index (κ3) is 3.57. The van der Waals surface area contributed by atoms with E-state index in [1.807, 2.05) is 4.68 Å². The monoisotopic (exact) mass is 274 g/mol. The van der Waals surface area contributed by atoms with Crippen LogP contribution in [0, 0.1) is 6.92 Å². The van der Waals surface area contributed by atoms with Gasteiger partial charge in [0.25, 0.3) is 0 Å². The molecule has 0 bridgehead atoms. The molecule has 0 spiro atoms. The van der Waals surface area contributed by atoms with Crippen LogP contribution in [0.2, 0.25) is 0 Å². The molecule has 2 aromatic rings. The van der Waals surface area contributed by atoms with Crippen LogP contribution < -0.4 is 0 Å². The average molecular weight is 274 g/mol. The minimum Gasteiger partial charge on any atom is -0.284 e. The highest BCUT2D eigenvalue weighted by molar-refractivity contribution is 5.77. The van der Waals surface area contributed by atoms with Crippen LogP contribution in [0.5, 0.6) is 0 Å². The maximum atomic E-state index is 4.34. The van der Waals surface area contributed by atoms with Crippen molar-refractivity contribution in [2.75, 3.05) is 13.1 Å². The molecule has 1 heterocycles. The summed E-state index contributed by atoms with van der Waals surface area (Å²) in [7, 11) is 0. The Morgan fingerprint density at radius 1 is 1.10 bits per heavy atom. The van der Waals surface area contributed by atoms with Gasteiger partial charge in [-0.2, -0.15) is 0 Å². The lowest BCUT2D eigenvalue weighted by Gasteiger charge is -2.21. The first kappa shape index (κ1) is 15.0. The molecule has 0 radical (unpaired) electrons. The van der Waals surface area contributed by atoms with E-state index in [0.29, 0.717) is 0 Å². The number of rotatable bonds is 8. The van der Waals surface area contributed by atoms with Crippen LogP contribution in [0.25, 0.3) is 11.0 Å². The highest BCUT2D eigenvalue weighted by Gasteiger charge is 2.10. The molecule has 0 atom stereocenters. The SMILES string of the molecule is CCCCN(CCCC)Cn1nnc2c(C)cccc21. The van der Waals surface area contributed by atoms with Crippen molar-refractivity contribution in [2.45, 2.75) is 53.1 Å². The fourth-order valence-electron chi connectivity index (χ4n) is 2.44. The van der Waals surface area contributed by atoms with Crippen LogP contribution in [0.1, 0.15) is 45.1 Å². The molecular weight excluding hydrogens is 248 g/mol. The van der Waals surface area contributed by atoms with Gasteiger partial charge in [-0.15, -0.1) is 5.10 Å². The third-order valence-corrected chi connectivity index (χ3v) is 3.74. The van der Waals surface area contributed by atoms with Crippen LogP contribution in [-0.2, 0) is 6.67 Å². The van der Waals surface area contributed by atoms with Crippen LogP contribution in [0.4, 0.5) is 0 Å². The van der Waals surface area contributed by atoms with Crippen molar-refractivity contribution in [1.82, 2.24) is 19.9 Å². The molecule has 0 unspecified atom stereocenters.